The summed E-state index contributed by atoms with van der Waals surface area (Å²) in [5.41, 5.74) is 2.22. The Kier molecular flexibility index (Phi) is 3.89. The Morgan fingerprint density at radius 3 is 2.93 bits per heavy atom. The number of aryl methyl sites for hydroxylation is 1. The van der Waals surface area contributed by atoms with Crippen molar-refractivity contribution in [3.8, 4) is 5.75 Å². The van der Waals surface area contributed by atoms with Crippen molar-refractivity contribution in [2.75, 3.05) is 13.7 Å². The van der Waals surface area contributed by atoms with Gasteiger partial charge >= 0.3 is 0 Å². The fraction of sp³-hybridized carbons (Fsp3) is 0.364. The van der Waals surface area contributed by atoms with Gasteiger partial charge in [-0.1, -0.05) is 12.1 Å². The van der Waals surface area contributed by atoms with Gasteiger partial charge < -0.3 is 4.74 Å². The van der Waals surface area contributed by atoms with Crippen LogP contribution in [0.1, 0.15) is 11.1 Å². The zero-order chi connectivity index (χ0) is 10.4. The molecule has 0 spiro atoms. The lowest BCUT2D eigenvalue weighted by molar-refractivity contribution is 0.411. The number of hydrogen-bond donors (Lipinski definition) is 0. The summed E-state index contributed by atoms with van der Waals surface area (Å²) in [6.07, 6.45) is 2.26. The molecule has 0 aliphatic carbocycles. The third-order valence-electron chi connectivity index (χ3n) is 2.05. The highest BCUT2D eigenvalue weighted by atomic mass is 16.5. The second-order valence-electron chi connectivity index (χ2n) is 3.03. The zero-order valence-corrected chi connectivity index (χ0v) is 8.41. The summed E-state index contributed by atoms with van der Waals surface area (Å²) in [6.45, 7) is 2.47. The van der Waals surface area contributed by atoms with Gasteiger partial charge in [-0.15, -0.1) is 0 Å². The van der Waals surface area contributed by atoms with E-state index < -0.39 is 0 Å². The monoisotopic (exact) mass is 191 g/mol. The average Bonchev–Trinajstić information content (AvgIpc) is 2.21. The van der Waals surface area contributed by atoms with Crippen LogP contribution in [-0.2, 0) is 11.2 Å². The predicted molar refractivity (Wildman–Crippen MR) is 54.4 cm³/mol. The van der Waals surface area contributed by atoms with Gasteiger partial charge in [-0.3, -0.25) is 0 Å². The van der Waals surface area contributed by atoms with E-state index in [1.54, 1.807) is 7.11 Å². The highest BCUT2D eigenvalue weighted by molar-refractivity contribution is 5.37. The number of methoxy groups -OCH3 is 1. The number of ether oxygens (including phenoxy) is 1. The molecule has 14 heavy (non-hydrogen) atoms. The summed E-state index contributed by atoms with van der Waals surface area (Å²) >= 11 is 0. The van der Waals surface area contributed by atoms with Gasteiger partial charge in [0.05, 0.1) is 13.7 Å². The molecule has 0 atom stereocenters. The molecule has 0 saturated carbocycles. The van der Waals surface area contributed by atoms with Gasteiger partial charge in [-0.2, -0.15) is 0 Å². The molecule has 0 fully saturated rings. The Labute approximate surface area is 83.4 Å². The second-order valence-corrected chi connectivity index (χ2v) is 3.03. The summed E-state index contributed by atoms with van der Waals surface area (Å²) in [5, 5.41) is 0. The predicted octanol–water partition coefficient (Wildman–Crippen LogP) is 1.88. The number of rotatable bonds is 4. The quantitative estimate of drug-likeness (QED) is 0.538. The molecular weight excluding hydrogens is 178 g/mol. The summed E-state index contributed by atoms with van der Waals surface area (Å²) in [4.78, 5) is 13.4. The fourth-order valence-electron chi connectivity index (χ4n) is 1.25. The lowest BCUT2D eigenvalue weighted by Crippen LogP contribution is -1.92. The lowest BCUT2D eigenvalue weighted by Gasteiger charge is -2.06. The zero-order valence-electron chi connectivity index (χ0n) is 8.41. The first-order valence-electron chi connectivity index (χ1n) is 4.45. The molecule has 0 aromatic heterocycles. The summed E-state index contributed by atoms with van der Waals surface area (Å²) < 4.78 is 5.18. The van der Waals surface area contributed by atoms with Crippen LogP contribution in [0.2, 0.25) is 0 Å². The molecule has 1 aromatic carbocycles. The van der Waals surface area contributed by atoms with Crippen molar-refractivity contribution in [2.24, 2.45) is 4.99 Å². The van der Waals surface area contributed by atoms with Crippen molar-refractivity contribution in [3.05, 3.63) is 29.3 Å². The van der Waals surface area contributed by atoms with E-state index in [9.17, 15) is 4.79 Å². The summed E-state index contributed by atoms with van der Waals surface area (Å²) in [6, 6.07) is 5.98. The Hall–Kier alpha value is -1.60. The van der Waals surface area contributed by atoms with Crippen LogP contribution in [0.5, 0.6) is 5.75 Å². The first-order chi connectivity index (χ1) is 6.77. The molecule has 0 unspecified atom stereocenters. The Bertz CT molecular complexity index is 354. The van der Waals surface area contributed by atoms with E-state index in [1.807, 2.05) is 25.1 Å². The lowest BCUT2D eigenvalue weighted by atomic mass is 10.1. The van der Waals surface area contributed by atoms with E-state index in [0.717, 1.165) is 23.3 Å². The van der Waals surface area contributed by atoms with Crippen LogP contribution < -0.4 is 4.74 Å². The first kappa shape index (κ1) is 10.5. The number of carbonyl (C=O) groups excluding carboxylic acids is 1. The smallest absolute Gasteiger partial charge is 0.234 e. The Morgan fingerprint density at radius 2 is 2.29 bits per heavy atom. The largest absolute Gasteiger partial charge is 0.496 e. The number of benzene rings is 1. The molecule has 0 heterocycles. The number of isocyanates is 1. The van der Waals surface area contributed by atoms with Crippen molar-refractivity contribution in [1.29, 1.82) is 0 Å². The molecule has 3 heteroatoms. The molecule has 3 nitrogen and oxygen atoms in total. The molecule has 0 aliphatic rings. The van der Waals surface area contributed by atoms with Gasteiger partial charge in [-0.05, 0) is 30.5 Å². The Morgan fingerprint density at radius 1 is 1.50 bits per heavy atom. The fourth-order valence-corrected chi connectivity index (χ4v) is 1.25. The molecule has 0 bridgehead atoms. The van der Waals surface area contributed by atoms with Crippen LogP contribution in [0.3, 0.4) is 0 Å². The van der Waals surface area contributed by atoms with Crippen molar-refractivity contribution in [3.63, 3.8) is 0 Å². The molecule has 1 rings (SSSR count). The van der Waals surface area contributed by atoms with Gasteiger partial charge in [-0.25, -0.2) is 9.79 Å². The molecular formula is C11H13NO2. The molecule has 0 saturated heterocycles. The highest BCUT2D eigenvalue weighted by Crippen LogP contribution is 2.19. The van der Waals surface area contributed by atoms with Gasteiger partial charge in [0.15, 0.2) is 0 Å². The van der Waals surface area contributed by atoms with E-state index in [4.69, 9.17) is 4.74 Å². The van der Waals surface area contributed by atoms with Crippen molar-refractivity contribution in [2.45, 2.75) is 13.3 Å². The molecule has 0 amide bonds. The van der Waals surface area contributed by atoms with Crippen LogP contribution in [0.4, 0.5) is 0 Å². The maximum atomic E-state index is 9.86. The number of aliphatic imine (C=N–C) groups is 1. The standard InChI is InChI=1S/C11H13NO2/c1-9-3-4-10(5-6-12-8-13)7-11(9)14-2/h3-4,7H,5-6H2,1-2H3. The van der Waals surface area contributed by atoms with Gasteiger partial charge in [0.1, 0.15) is 5.75 Å². The third kappa shape index (κ3) is 2.71. The van der Waals surface area contributed by atoms with Crippen LogP contribution >= 0.6 is 0 Å². The van der Waals surface area contributed by atoms with E-state index in [1.165, 1.54) is 6.08 Å². The number of hydrogen-bond acceptors (Lipinski definition) is 3. The Balaban J connectivity index is 2.73. The molecule has 0 radical (unpaired) electrons. The third-order valence-corrected chi connectivity index (χ3v) is 2.05. The normalized spacial score (nSPS) is 9.29. The van der Waals surface area contributed by atoms with Crippen LogP contribution in [0.25, 0.3) is 0 Å². The summed E-state index contributed by atoms with van der Waals surface area (Å²) in [7, 11) is 1.65. The molecule has 0 N–H and O–H groups in total. The minimum absolute atomic E-state index is 0.482. The SMILES string of the molecule is COc1cc(CCN=C=O)ccc1C. The van der Waals surface area contributed by atoms with E-state index in [-0.39, 0.29) is 0 Å². The van der Waals surface area contributed by atoms with Crippen LogP contribution in [-0.4, -0.2) is 19.7 Å². The summed E-state index contributed by atoms with van der Waals surface area (Å²) in [5.74, 6) is 0.873. The average molecular weight is 191 g/mol. The topological polar surface area (TPSA) is 38.7 Å². The maximum absolute atomic E-state index is 9.86. The maximum Gasteiger partial charge on any atom is 0.234 e. The molecule has 0 aliphatic heterocycles. The van der Waals surface area contributed by atoms with Crippen LogP contribution in [0, 0.1) is 6.92 Å². The van der Waals surface area contributed by atoms with Gasteiger partial charge in [0, 0.05) is 0 Å². The second kappa shape index (κ2) is 5.20. The first-order valence-corrected chi connectivity index (χ1v) is 4.45. The minimum Gasteiger partial charge on any atom is -0.496 e. The van der Waals surface area contributed by atoms with Gasteiger partial charge in [0.2, 0.25) is 6.08 Å². The molecule has 1 aromatic rings. The minimum atomic E-state index is 0.482. The molecule has 74 valence electrons. The van der Waals surface area contributed by atoms with Crippen LogP contribution in [0.15, 0.2) is 23.2 Å². The van der Waals surface area contributed by atoms with E-state index in [2.05, 4.69) is 4.99 Å². The van der Waals surface area contributed by atoms with Gasteiger partial charge in [0.25, 0.3) is 0 Å². The van der Waals surface area contributed by atoms with E-state index in [0.29, 0.717) is 6.54 Å². The van der Waals surface area contributed by atoms with Crippen molar-refractivity contribution in [1.82, 2.24) is 0 Å². The van der Waals surface area contributed by atoms with Crippen molar-refractivity contribution < 1.29 is 9.53 Å². The highest BCUT2D eigenvalue weighted by Gasteiger charge is 1.99. The number of nitrogens with zero attached hydrogens (tertiary/aromatic N) is 1. The van der Waals surface area contributed by atoms with Crippen molar-refractivity contribution >= 4 is 6.08 Å². The van der Waals surface area contributed by atoms with E-state index >= 15 is 0 Å².